The zero-order chi connectivity index (χ0) is 12.2. The third-order valence-electron chi connectivity index (χ3n) is 3.57. The normalized spacial score (nSPS) is 35.0. The molecular formula is C14H26O2. The van der Waals surface area contributed by atoms with Gasteiger partial charge >= 0.3 is 0 Å². The molecule has 0 heterocycles. The zero-order valence-electron chi connectivity index (χ0n) is 11.2. The molecule has 2 unspecified atom stereocenters. The molecule has 0 N–H and O–H groups in total. The Balaban J connectivity index is 2.81. The van der Waals surface area contributed by atoms with Crippen LogP contribution >= 0.6 is 0 Å². The smallest absolute Gasteiger partial charge is 0.164 e. The molecule has 2 atom stereocenters. The summed E-state index contributed by atoms with van der Waals surface area (Å²) < 4.78 is 5.88. The number of Topliss-reactive ketones (excluding diaryl/α,β-unsaturated/α-hetero) is 1. The summed E-state index contributed by atoms with van der Waals surface area (Å²) in [7, 11) is 0. The lowest BCUT2D eigenvalue weighted by molar-refractivity contribution is -0.154. The monoisotopic (exact) mass is 226 g/mol. The van der Waals surface area contributed by atoms with E-state index in [1.807, 2.05) is 6.92 Å². The van der Waals surface area contributed by atoms with Crippen molar-refractivity contribution < 1.29 is 9.53 Å². The molecular weight excluding hydrogens is 200 g/mol. The maximum absolute atomic E-state index is 12.3. The average molecular weight is 226 g/mol. The molecule has 2 heteroatoms. The van der Waals surface area contributed by atoms with Gasteiger partial charge in [-0.1, -0.05) is 20.8 Å². The lowest BCUT2D eigenvalue weighted by Gasteiger charge is -2.41. The van der Waals surface area contributed by atoms with Crippen LogP contribution in [0.3, 0.4) is 0 Å². The third-order valence-corrected chi connectivity index (χ3v) is 3.57. The second-order valence-electron chi connectivity index (χ2n) is 5.45. The maximum Gasteiger partial charge on any atom is 0.164 e. The van der Waals surface area contributed by atoms with Crippen LogP contribution in [0.15, 0.2) is 0 Å². The first-order valence-corrected chi connectivity index (χ1v) is 6.71. The topological polar surface area (TPSA) is 26.3 Å². The van der Waals surface area contributed by atoms with Crippen molar-refractivity contribution in [3.05, 3.63) is 0 Å². The summed E-state index contributed by atoms with van der Waals surface area (Å²) >= 11 is 0. The highest BCUT2D eigenvalue weighted by molar-refractivity contribution is 5.87. The second-order valence-corrected chi connectivity index (χ2v) is 5.45. The number of ketones is 1. The molecule has 1 aliphatic carbocycles. The molecule has 0 aliphatic heterocycles. The van der Waals surface area contributed by atoms with Gasteiger partial charge in [-0.05, 0) is 44.4 Å². The van der Waals surface area contributed by atoms with Gasteiger partial charge in [0.2, 0.25) is 0 Å². The fourth-order valence-electron chi connectivity index (χ4n) is 3.22. The molecule has 0 saturated heterocycles. The van der Waals surface area contributed by atoms with Crippen LogP contribution in [0.5, 0.6) is 0 Å². The number of ether oxygens (including phenoxy) is 1. The van der Waals surface area contributed by atoms with E-state index in [9.17, 15) is 4.79 Å². The summed E-state index contributed by atoms with van der Waals surface area (Å²) in [5.74, 6) is 1.54. The van der Waals surface area contributed by atoms with Gasteiger partial charge in [0.05, 0.1) is 0 Å². The van der Waals surface area contributed by atoms with E-state index < -0.39 is 5.60 Å². The second kappa shape index (κ2) is 5.81. The minimum atomic E-state index is -0.457. The first-order valence-electron chi connectivity index (χ1n) is 6.71. The van der Waals surface area contributed by atoms with E-state index in [-0.39, 0.29) is 0 Å². The summed E-state index contributed by atoms with van der Waals surface area (Å²) in [4.78, 5) is 12.3. The van der Waals surface area contributed by atoms with Crippen molar-refractivity contribution in [2.24, 2.45) is 11.8 Å². The van der Waals surface area contributed by atoms with E-state index in [1.165, 1.54) is 6.42 Å². The maximum atomic E-state index is 12.3. The first-order chi connectivity index (χ1) is 7.54. The van der Waals surface area contributed by atoms with Gasteiger partial charge in [-0.15, -0.1) is 0 Å². The van der Waals surface area contributed by atoms with Gasteiger partial charge < -0.3 is 4.74 Å². The predicted molar refractivity (Wildman–Crippen MR) is 66.5 cm³/mol. The number of hydrogen-bond acceptors (Lipinski definition) is 2. The van der Waals surface area contributed by atoms with Crippen LogP contribution < -0.4 is 0 Å². The molecule has 0 aromatic carbocycles. The van der Waals surface area contributed by atoms with Crippen LogP contribution in [-0.4, -0.2) is 18.0 Å². The van der Waals surface area contributed by atoms with E-state index in [2.05, 4.69) is 20.8 Å². The molecule has 16 heavy (non-hydrogen) atoms. The molecule has 1 aliphatic rings. The lowest BCUT2D eigenvalue weighted by Crippen LogP contribution is -2.47. The molecule has 2 nitrogen and oxygen atoms in total. The molecule has 94 valence electrons. The van der Waals surface area contributed by atoms with Gasteiger partial charge in [0.25, 0.3) is 0 Å². The van der Waals surface area contributed by atoms with E-state index in [0.717, 1.165) is 19.3 Å². The van der Waals surface area contributed by atoms with Crippen LogP contribution in [0.1, 0.15) is 59.8 Å². The van der Waals surface area contributed by atoms with Gasteiger partial charge in [-0.3, -0.25) is 4.79 Å². The number of carbonyl (C=O) groups excluding carboxylic acids is 1. The standard InChI is InChI=1S/C14H26O2/c1-5-7-13(15)14(16-6-2)9-11(3)8-12(4)10-14/h11-12H,5-10H2,1-4H3. The first kappa shape index (κ1) is 13.7. The van der Waals surface area contributed by atoms with Crippen LogP contribution in [-0.2, 0) is 9.53 Å². The van der Waals surface area contributed by atoms with E-state index in [1.54, 1.807) is 0 Å². The van der Waals surface area contributed by atoms with E-state index in [0.29, 0.717) is 30.6 Å². The highest BCUT2D eigenvalue weighted by Gasteiger charge is 2.43. The van der Waals surface area contributed by atoms with Crippen molar-refractivity contribution in [3.8, 4) is 0 Å². The highest BCUT2D eigenvalue weighted by Crippen LogP contribution is 2.39. The Morgan fingerprint density at radius 3 is 2.25 bits per heavy atom. The molecule has 0 bridgehead atoms. The van der Waals surface area contributed by atoms with Crippen LogP contribution in [0.2, 0.25) is 0 Å². The van der Waals surface area contributed by atoms with Crippen LogP contribution in [0, 0.1) is 11.8 Å². The molecule has 0 spiro atoms. The quantitative estimate of drug-likeness (QED) is 0.716. The summed E-state index contributed by atoms with van der Waals surface area (Å²) in [6.07, 6.45) is 4.66. The fourth-order valence-corrected chi connectivity index (χ4v) is 3.22. The minimum Gasteiger partial charge on any atom is -0.367 e. The van der Waals surface area contributed by atoms with Gasteiger partial charge in [0, 0.05) is 13.0 Å². The van der Waals surface area contributed by atoms with Crippen molar-refractivity contribution in [2.75, 3.05) is 6.61 Å². The van der Waals surface area contributed by atoms with Crippen molar-refractivity contribution in [1.82, 2.24) is 0 Å². The summed E-state index contributed by atoms with van der Waals surface area (Å²) in [6.45, 7) is 9.18. The molecule has 0 aromatic heterocycles. The van der Waals surface area contributed by atoms with Crippen LogP contribution in [0.4, 0.5) is 0 Å². The van der Waals surface area contributed by atoms with Crippen LogP contribution in [0.25, 0.3) is 0 Å². The Morgan fingerprint density at radius 2 is 1.81 bits per heavy atom. The van der Waals surface area contributed by atoms with Gasteiger partial charge in [-0.25, -0.2) is 0 Å². The fraction of sp³-hybridized carbons (Fsp3) is 0.929. The summed E-state index contributed by atoms with van der Waals surface area (Å²) in [5, 5.41) is 0. The Hall–Kier alpha value is -0.370. The zero-order valence-corrected chi connectivity index (χ0v) is 11.2. The highest BCUT2D eigenvalue weighted by atomic mass is 16.5. The molecule has 1 saturated carbocycles. The average Bonchev–Trinajstić information content (AvgIpc) is 2.16. The molecule has 1 fully saturated rings. The van der Waals surface area contributed by atoms with Gasteiger partial charge in [-0.2, -0.15) is 0 Å². The third kappa shape index (κ3) is 3.07. The van der Waals surface area contributed by atoms with Crippen molar-refractivity contribution in [3.63, 3.8) is 0 Å². The van der Waals surface area contributed by atoms with Gasteiger partial charge in [0.1, 0.15) is 5.60 Å². The summed E-state index contributed by atoms with van der Waals surface area (Å²) in [5.41, 5.74) is -0.457. The Labute approximate surface area is 99.8 Å². The summed E-state index contributed by atoms with van der Waals surface area (Å²) in [6, 6.07) is 0. The lowest BCUT2D eigenvalue weighted by atomic mass is 9.71. The Morgan fingerprint density at radius 1 is 1.25 bits per heavy atom. The molecule has 0 aromatic rings. The minimum absolute atomic E-state index is 0.329. The van der Waals surface area contributed by atoms with Crippen molar-refractivity contribution in [1.29, 1.82) is 0 Å². The Bertz CT molecular complexity index is 225. The Kier molecular flexibility index (Phi) is 4.97. The number of rotatable bonds is 5. The molecule has 0 radical (unpaired) electrons. The van der Waals surface area contributed by atoms with Crippen molar-refractivity contribution >= 4 is 5.78 Å². The number of hydrogen-bond donors (Lipinski definition) is 0. The van der Waals surface area contributed by atoms with Crippen molar-refractivity contribution in [2.45, 2.75) is 65.4 Å². The molecule has 0 amide bonds. The predicted octanol–water partition coefficient (Wildman–Crippen LogP) is 3.59. The van der Waals surface area contributed by atoms with E-state index >= 15 is 0 Å². The van der Waals surface area contributed by atoms with Gasteiger partial charge in [0.15, 0.2) is 5.78 Å². The molecule has 1 rings (SSSR count). The SMILES string of the molecule is CCCC(=O)C1(OCC)CC(C)CC(C)C1. The van der Waals surface area contributed by atoms with E-state index in [4.69, 9.17) is 4.74 Å². The number of carbonyl (C=O) groups is 1. The largest absolute Gasteiger partial charge is 0.367 e.